The SMILES string of the molecule is [2H][C@H]1CN(C(=O)OCc2ccccc2)C[C@H]1F. The fraction of sp³-hybridized carbons (Fsp3) is 0.417. The number of alkyl halides is 1. The van der Waals surface area contributed by atoms with Gasteiger partial charge < -0.3 is 9.64 Å². The summed E-state index contributed by atoms with van der Waals surface area (Å²) in [5.74, 6) is 0. The van der Waals surface area contributed by atoms with Gasteiger partial charge in [-0.15, -0.1) is 0 Å². The topological polar surface area (TPSA) is 29.5 Å². The molecule has 2 atom stereocenters. The molecule has 0 unspecified atom stereocenters. The highest BCUT2D eigenvalue weighted by molar-refractivity contribution is 5.68. The van der Waals surface area contributed by atoms with Gasteiger partial charge in [0.05, 0.1) is 6.54 Å². The summed E-state index contributed by atoms with van der Waals surface area (Å²) < 4.78 is 25.4. The smallest absolute Gasteiger partial charge is 0.410 e. The van der Waals surface area contributed by atoms with Crippen LogP contribution in [0.3, 0.4) is 0 Å². The molecular weight excluding hydrogens is 209 g/mol. The van der Waals surface area contributed by atoms with Gasteiger partial charge in [0.25, 0.3) is 0 Å². The van der Waals surface area contributed by atoms with E-state index in [1.54, 1.807) is 0 Å². The van der Waals surface area contributed by atoms with Crippen molar-refractivity contribution in [2.75, 3.05) is 13.1 Å². The average molecular weight is 224 g/mol. The van der Waals surface area contributed by atoms with Crippen molar-refractivity contribution in [1.82, 2.24) is 4.90 Å². The van der Waals surface area contributed by atoms with Gasteiger partial charge in [0.2, 0.25) is 0 Å². The Morgan fingerprint density at radius 1 is 1.56 bits per heavy atom. The van der Waals surface area contributed by atoms with Crippen LogP contribution in [-0.2, 0) is 11.3 Å². The highest BCUT2D eigenvalue weighted by atomic mass is 19.1. The van der Waals surface area contributed by atoms with Gasteiger partial charge in [-0.3, -0.25) is 0 Å². The predicted octanol–water partition coefficient (Wildman–Crippen LogP) is 2.37. The van der Waals surface area contributed by atoms with E-state index in [1.165, 1.54) is 4.90 Å². The number of ether oxygens (including phenoxy) is 1. The maximum Gasteiger partial charge on any atom is 0.410 e. The maximum atomic E-state index is 13.1. The first-order valence-corrected chi connectivity index (χ1v) is 5.19. The molecule has 16 heavy (non-hydrogen) atoms. The number of likely N-dealkylation sites (tertiary alicyclic amines) is 1. The van der Waals surface area contributed by atoms with Gasteiger partial charge in [-0.05, 0) is 12.0 Å². The number of carbonyl (C=O) groups excluding carboxylic acids is 1. The Labute approximate surface area is 95.2 Å². The molecule has 0 radical (unpaired) electrons. The summed E-state index contributed by atoms with van der Waals surface area (Å²) in [5, 5.41) is 0. The molecule has 3 nitrogen and oxygen atoms in total. The molecule has 86 valence electrons. The Morgan fingerprint density at radius 2 is 2.31 bits per heavy atom. The number of carbonyl (C=O) groups is 1. The molecule has 0 N–H and O–H groups in total. The van der Waals surface area contributed by atoms with Crippen molar-refractivity contribution in [1.29, 1.82) is 0 Å². The molecule has 1 aliphatic heterocycles. The molecule has 1 saturated heterocycles. The molecule has 2 rings (SSSR count). The summed E-state index contributed by atoms with van der Waals surface area (Å²) in [4.78, 5) is 12.8. The lowest BCUT2D eigenvalue weighted by Crippen LogP contribution is -2.29. The molecule has 1 aromatic rings. The second-order valence-electron chi connectivity index (χ2n) is 3.70. The first kappa shape index (κ1) is 9.63. The van der Waals surface area contributed by atoms with Crippen LogP contribution in [0, 0.1) is 0 Å². The van der Waals surface area contributed by atoms with E-state index < -0.39 is 18.7 Å². The van der Waals surface area contributed by atoms with E-state index in [9.17, 15) is 9.18 Å². The first-order chi connectivity index (χ1) is 8.16. The highest BCUT2D eigenvalue weighted by Crippen LogP contribution is 2.13. The zero-order valence-electron chi connectivity index (χ0n) is 9.80. The molecular formula is C12H14FNO2. The monoisotopic (exact) mass is 224 g/mol. The zero-order chi connectivity index (χ0) is 12.3. The standard InChI is InChI=1S/C12H14FNO2/c13-11-6-7-14(8-11)12(15)16-9-10-4-2-1-3-5-10/h1-5,11H,6-9H2/t11-/m0/s1/i6D/t6-,11-. The van der Waals surface area contributed by atoms with Gasteiger partial charge in [-0.25, -0.2) is 9.18 Å². The number of benzene rings is 1. The molecule has 0 bridgehead atoms. The van der Waals surface area contributed by atoms with Crippen LogP contribution >= 0.6 is 0 Å². The molecule has 0 saturated carbocycles. The molecule has 4 heteroatoms. The quantitative estimate of drug-likeness (QED) is 0.771. The van der Waals surface area contributed by atoms with E-state index >= 15 is 0 Å². The van der Waals surface area contributed by atoms with Crippen LogP contribution < -0.4 is 0 Å². The van der Waals surface area contributed by atoms with Crippen LogP contribution in [0.4, 0.5) is 9.18 Å². The molecule has 0 spiro atoms. The lowest BCUT2D eigenvalue weighted by atomic mass is 10.2. The van der Waals surface area contributed by atoms with Gasteiger partial charge in [0.1, 0.15) is 12.8 Å². The third kappa shape index (κ3) is 2.72. The van der Waals surface area contributed by atoms with E-state index in [2.05, 4.69) is 0 Å². The van der Waals surface area contributed by atoms with Gasteiger partial charge in [0, 0.05) is 7.92 Å². The van der Waals surface area contributed by atoms with Crippen LogP contribution in [0.5, 0.6) is 0 Å². The average Bonchev–Trinajstić information content (AvgIpc) is 2.68. The largest absolute Gasteiger partial charge is 0.445 e. The number of amides is 1. The van der Waals surface area contributed by atoms with E-state index in [1.807, 2.05) is 30.3 Å². The summed E-state index contributed by atoms with van der Waals surface area (Å²) in [6.45, 7) is 0.242. The Morgan fingerprint density at radius 3 is 2.94 bits per heavy atom. The van der Waals surface area contributed by atoms with E-state index in [0.29, 0.717) is 0 Å². The first-order valence-electron chi connectivity index (χ1n) is 5.76. The summed E-state index contributed by atoms with van der Waals surface area (Å²) in [6, 6.07) is 9.29. The van der Waals surface area contributed by atoms with E-state index in [4.69, 9.17) is 6.11 Å². The molecule has 1 fully saturated rings. The third-order valence-electron chi connectivity index (χ3n) is 2.44. The Balaban J connectivity index is 1.82. The zero-order valence-corrected chi connectivity index (χ0v) is 8.80. The van der Waals surface area contributed by atoms with E-state index in [0.717, 1.165) is 5.56 Å². The molecule has 0 aliphatic carbocycles. The van der Waals surface area contributed by atoms with Crippen molar-refractivity contribution in [3.8, 4) is 0 Å². The number of hydrogen-bond acceptors (Lipinski definition) is 2. The fourth-order valence-corrected chi connectivity index (χ4v) is 1.56. The second kappa shape index (κ2) is 4.96. The minimum Gasteiger partial charge on any atom is -0.445 e. The minimum atomic E-state index is -1.26. The van der Waals surface area contributed by atoms with E-state index in [-0.39, 0.29) is 19.7 Å². The Kier molecular flexibility index (Phi) is 2.99. The summed E-state index contributed by atoms with van der Waals surface area (Å²) in [7, 11) is 0. The lowest BCUT2D eigenvalue weighted by Gasteiger charge is -2.14. The number of nitrogens with zero attached hydrogens (tertiary/aromatic N) is 1. The van der Waals surface area contributed by atoms with Gasteiger partial charge in [-0.1, -0.05) is 30.3 Å². The molecule has 0 aromatic heterocycles. The van der Waals surface area contributed by atoms with Crippen molar-refractivity contribution in [3.05, 3.63) is 35.9 Å². The predicted molar refractivity (Wildman–Crippen MR) is 57.7 cm³/mol. The summed E-state index contributed by atoms with van der Waals surface area (Å²) in [5.41, 5.74) is 0.888. The van der Waals surface area contributed by atoms with Gasteiger partial charge >= 0.3 is 6.09 Å². The molecule has 1 amide bonds. The van der Waals surface area contributed by atoms with Crippen LogP contribution in [-0.4, -0.2) is 30.3 Å². The van der Waals surface area contributed by atoms with Crippen LogP contribution in [0.25, 0.3) is 0 Å². The van der Waals surface area contributed by atoms with Gasteiger partial charge in [-0.2, -0.15) is 0 Å². The Hall–Kier alpha value is -1.58. The van der Waals surface area contributed by atoms with Crippen molar-refractivity contribution >= 4 is 6.09 Å². The van der Waals surface area contributed by atoms with Crippen molar-refractivity contribution in [2.45, 2.75) is 19.2 Å². The highest BCUT2D eigenvalue weighted by Gasteiger charge is 2.26. The van der Waals surface area contributed by atoms with Crippen molar-refractivity contribution < 1.29 is 15.3 Å². The maximum absolute atomic E-state index is 13.1. The second-order valence-corrected chi connectivity index (χ2v) is 3.70. The molecule has 1 heterocycles. The molecule has 1 aliphatic rings. The van der Waals surface area contributed by atoms with Crippen molar-refractivity contribution in [2.24, 2.45) is 0 Å². The van der Waals surface area contributed by atoms with Crippen LogP contribution in [0.2, 0.25) is 0 Å². The number of rotatable bonds is 2. The summed E-state index contributed by atoms with van der Waals surface area (Å²) >= 11 is 0. The normalized spacial score (nSPS) is 25.3. The Bertz CT molecular complexity index is 377. The lowest BCUT2D eigenvalue weighted by molar-refractivity contribution is 0.102. The third-order valence-corrected chi connectivity index (χ3v) is 2.44. The molecule has 1 aromatic carbocycles. The van der Waals surface area contributed by atoms with Crippen LogP contribution in [0.1, 0.15) is 13.3 Å². The summed E-state index contributed by atoms with van der Waals surface area (Å²) in [6.07, 6.45) is -2.66. The van der Waals surface area contributed by atoms with Crippen molar-refractivity contribution in [3.63, 3.8) is 0 Å². The van der Waals surface area contributed by atoms with Crippen LogP contribution in [0.15, 0.2) is 30.3 Å². The fourth-order valence-electron chi connectivity index (χ4n) is 1.56. The minimum absolute atomic E-state index is 0.0399. The van der Waals surface area contributed by atoms with Gasteiger partial charge in [0.15, 0.2) is 0 Å². The number of hydrogen-bond donors (Lipinski definition) is 0. The number of halogens is 1.